The molecule has 3 aromatic rings. The molecular weight excluding hydrogens is 545 g/mol. The van der Waals surface area contributed by atoms with Gasteiger partial charge in [-0.3, -0.25) is 14.2 Å². The van der Waals surface area contributed by atoms with Gasteiger partial charge in [0.05, 0.1) is 38.3 Å². The molecule has 1 amide bonds. The van der Waals surface area contributed by atoms with Gasteiger partial charge in [-0.2, -0.15) is 23.4 Å². The Morgan fingerprint density at radius 1 is 1.19 bits per heavy atom. The summed E-state index contributed by atoms with van der Waals surface area (Å²) in [5, 5.41) is 10.8. The van der Waals surface area contributed by atoms with Crippen LogP contribution in [0, 0.1) is 6.92 Å². The van der Waals surface area contributed by atoms with Crippen LogP contribution in [0.25, 0.3) is 0 Å². The first kappa shape index (κ1) is 23.9. The van der Waals surface area contributed by atoms with E-state index in [-0.39, 0.29) is 24.5 Å². The van der Waals surface area contributed by atoms with Crippen molar-refractivity contribution in [3.8, 4) is 0 Å². The van der Waals surface area contributed by atoms with Gasteiger partial charge in [-0.15, -0.1) is 0 Å². The van der Waals surface area contributed by atoms with Gasteiger partial charge in [-0.05, 0) is 40.5 Å². The zero-order chi connectivity index (χ0) is 22.9. The van der Waals surface area contributed by atoms with Crippen LogP contribution in [0.15, 0.2) is 28.9 Å². The van der Waals surface area contributed by atoms with Crippen LogP contribution in [0.2, 0.25) is 15.1 Å². The second kappa shape index (κ2) is 9.40. The van der Waals surface area contributed by atoms with Crippen LogP contribution in [0.1, 0.15) is 23.4 Å². The van der Waals surface area contributed by atoms with Crippen molar-refractivity contribution in [3.63, 3.8) is 0 Å². The topological polar surface area (TPSA) is 64.7 Å². The molecule has 1 aromatic carbocycles. The fourth-order valence-corrected chi connectivity index (χ4v) is 3.69. The third-order valence-corrected chi connectivity index (χ3v) is 6.03. The van der Waals surface area contributed by atoms with Crippen molar-refractivity contribution in [1.29, 1.82) is 0 Å². The molecule has 31 heavy (non-hydrogen) atoms. The van der Waals surface area contributed by atoms with Crippen molar-refractivity contribution in [3.05, 3.63) is 60.9 Å². The van der Waals surface area contributed by atoms with E-state index in [1.165, 1.54) is 6.92 Å². The van der Waals surface area contributed by atoms with E-state index in [4.69, 9.17) is 34.8 Å². The molecule has 0 aliphatic rings. The van der Waals surface area contributed by atoms with E-state index in [1.54, 1.807) is 29.1 Å². The smallest absolute Gasteiger partial charge is 0.308 e. The number of benzene rings is 1. The standard InChI is InChI=1S/C18H14BrCl3F3N5O/c1-9-15(22)16(18(23,24)25)27-30(9)5-4-14(31)26-17-11(19)8-29(28-17)7-10-2-3-12(20)13(21)6-10/h2-3,6,8H,4-5,7H2,1H3,(H,26,28,31). The third kappa shape index (κ3) is 5.74. The number of halogens is 7. The first-order valence-electron chi connectivity index (χ1n) is 8.72. The number of hydrogen-bond donors (Lipinski definition) is 1. The molecule has 0 spiro atoms. The molecule has 0 aliphatic heterocycles. The first-order chi connectivity index (χ1) is 14.5. The molecule has 166 valence electrons. The van der Waals surface area contributed by atoms with Gasteiger partial charge in [-0.1, -0.05) is 40.9 Å². The van der Waals surface area contributed by atoms with E-state index in [0.717, 1.165) is 10.2 Å². The highest BCUT2D eigenvalue weighted by atomic mass is 79.9. The molecule has 2 aromatic heterocycles. The van der Waals surface area contributed by atoms with E-state index in [9.17, 15) is 18.0 Å². The minimum absolute atomic E-state index is 0.0743. The van der Waals surface area contributed by atoms with Crippen LogP contribution < -0.4 is 5.32 Å². The zero-order valence-electron chi connectivity index (χ0n) is 15.8. The number of anilines is 1. The monoisotopic (exact) mass is 557 g/mol. The van der Waals surface area contributed by atoms with Gasteiger partial charge in [0.25, 0.3) is 0 Å². The summed E-state index contributed by atoms with van der Waals surface area (Å²) in [6, 6.07) is 5.19. The van der Waals surface area contributed by atoms with E-state index in [1.807, 2.05) is 0 Å². The molecule has 0 saturated heterocycles. The van der Waals surface area contributed by atoms with E-state index >= 15 is 0 Å². The number of nitrogens with zero attached hydrogens (tertiary/aromatic N) is 4. The largest absolute Gasteiger partial charge is 0.436 e. The van der Waals surface area contributed by atoms with Gasteiger partial charge in [0.15, 0.2) is 11.5 Å². The van der Waals surface area contributed by atoms with Crippen LogP contribution >= 0.6 is 50.7 Å². The van der Waals surface area contributed by atoms with Crippen LogP contribution in [-0.2, 0) is 24.1 Å². The van der Waals surface area contributed by atoms with Crippen molar-refractivity contribution in [1.82, 2.24) is 19.6 Å². The van der Waals surface area contributed by atoms with E-state index < -0.39 is 22.8 Å². The van der Waals surface area contributed by atoms with Gasteiger partial charge in [0.1, 0.15) is 0 Å². The van der Waals surface area contributed by atoms with E-state index in [2.05, 4.69) is 31.4 Å². The van der Waals surface area contributed by atoms with Gasteiger partial charge >= 0.3 is 6.18 Å². The van der Waals surface area contributed by atoms with Crippen LogP contribution in [0.5, 0.6) is 0 Å². The summed E-state index contributed by atoms with van der Waals surface area (Å²) in [6.07, 6.45) is -3.12. The number of amides is 1. The summed E-state index contributed by atoms with van der Waals surface area (Å²) in [4.78, 5) is 12.3. The highest BCUT2D eigenvalue weighted by molar-refractivity contribution is 9.10. The number of aryl methyl sites for hydroxylation is 1. The molecule has 6 nitrogen and oxygen atoms in total. The highest BCUT2D eigenvalue weighted by Crippen LogP contribution is 2.35. The lowest BCUT2D eigenvalue weighted by Crippen LogP contribution is -2.17. The summed E-state index contributed by atoms with van der Waals surface area (Å²) in [5.41, 5.74) is -0.182. The molecule has 0 bridgehead atoms. The Morgan fingerprint density at radius 2 is 1.90 bits per heavy atom. The zero-order valence-corrected chi connectivity index (χ0v) is 19.6. The van der Waals surface area contributed by atoms with Gasteiger partial charge < -0.3 is 5.32 Å². The summed E-state index contributed by atoms with van der Waals surface area (Å²) in [6.45, 7) is 1.72. The van der Waals surface area contributed by atoms with E-state index in [0.29, 0.717) is 21.1 Å². The summed E-state index contributed by atoms with van der Waals surface area (Å²) in [7, 11) is 0. The molecule has 0 unspecified atom stereocenters. The Labute approximate surface area is 198 Å². The molecular formula is C18H14BrCl3F3N5O. The molecule has 0 aliphatic carbocycles. The number of rotatable bonds is 6. The minimum Gasteiger partial charge on any atom is -0.308 e. The number of nitrogens with one attached hydrogen (secondary N) is 1. The Morgan fingerprint density at radius 3 is 2.52 bits per heavy atom. The second-order valence-corrected chi connectivity index (χ2v) is 8.59. The predicted molar refractivity (Wildman–Crippen MR) is 116 cm³/mol. The maximum atomic E-state index is 12.9. The quantitative estimate of drug-likeness (QED) is 0.391. The Bertz CT molecular complexity index is 1130. The highest BCUT2D eigenvalue weighted by Gasteiger charge is 2.38. The minimum atomic E-state index is -4.67. The molecule has 13 heteroatoms. The molecule has 0 atom stereocenters. The number of carbonyl (C=O) groups is 1. The molecule has 2 heterocycles. The molecule has 1 N–H and O–H groups in total. The second-order valence-electron chi connectivity index (χ2n) is 6.54. The third-order valence-electron chi connectivity index (χ3n) is 4.26. The Hall–Kier alpha value is -1.75. The maximum Gasteiger partial charge on any atom is 0.436 e. The summed E-state index contributed by atoms with van der Waals surface area (Å²) < 4.78 is 41.9. The van der Waals surface area contributed by atoms with Crippen LogP contribution in [0.4, 0.5) is 19.0 Å². The lowest BCUT2D eigenvalue weighted by molar-refractivity contribution is -0.141. The Balaban J connectivity index is 1.63. The lowest BCUT2D eigenvalue weighted by Gasteiger charge is -2.06. The average molecular weight is 560 g/mol. The Kier molecular flexibility index (Phi) is 7.25. The predicted octanol–water partition coefficient (Wildman–Crippen LogP) is 6.21. The van der Waals surface area contributed by atoms with Gasteiger partial charge in [-0.25, -0.2) is 0 Å². The van der Waals surface area contributed by atoms with Gasteiger partial charge in [0, 0.05) is 12.6 Å². The number of hydrogen-bond acceptors (Lipinski definition) is 3. The van der Waals surface area contributed by atoms with Crippen molar-refractivity contribution in [2.24, 2.45) is 0 Å². The normalized spacial score (nSPS) is 11.7. The van der Waals surface area contributed by atoms with Crippen molar-refractivity contribution in [2.75, 3.05) is 5.32 Å². The first-order valence-corrected chi connectivity index (χ1v) is 10.6. The van der Waals surface area contributed by atoms with Gasteiger partial charge in [0.2, 0.25) is 5.91 Å². The number of aromatic nitrogens is 4. The van der Waals surface area contributed by atoms with Crippen LogP contribution in [-0.4, -0.2) is 25.5 Å². The average Bonchev–Trinajstić information content (AvgIpc) is 3.16. The summed E-state index contributed by atoms with van der Waals surface area (Å²) >= 11 is 21.0. The number of alkyl halides is 3. The van der Waals surface area contributed by atoms with Crippen molar-refractivity contribution in [2.45, 2.75) is 32.6 Å². The van der Waals surface area contributed by atoms with Crippen LogP contribution in [0.3, 0.4) is 0 Å². The molecule has 0 fully saturated rings. The summed E-state index contributed by atoms with van der Waals surface area (Å²) in [5.74, 6) is -0.170. The molecule has 0 saturated carbocycles. The molecule has 0 radical (unpaired) electrons. The fraction of sp³-hybridized carbons (Fsp3) is 0.278. The maximum absolute atomic E-state index is 12.9. The molecule has 3 rings (SSSR count). The fourth-order valence-electron chi connectivity index (χ4n) is 2.71. The number of carbonyl (C=O) groups excluding carboxylic acids is 1. The van der Waals surface area contributed by atoms with Crippen molar-refractivity contribution >= 4 is 62.5 Å². The SMILES string of the molecule is Cc1c(Cl)c(C(F)(F)F)nn1CCC(=O)Nc1nn(Cc2ccc(Cl)c(Cl)c2)cc1Br. The lowest BCUT2D eigenvalue weighted by atomic mass is 10.2. The van der Waals surface area contributed by atoms with Crippen molar-refractivity contribution < 1.29 is 18.0 Å².